The molecule has 1 aromatic carbocycles. The summed E-state index contributed by atoms with van der Waals surface area (Å²) in [7, 11) is 0. The Bertz CT molecular complexity index is 550. The Hall–Kier alpha value is -2.08. The third kappa shape index (κ3) is 4.59. The van der Waals surface area contributed by atoms with Gasteiger partial charge < -0.3 is 9.73 Å². The molecule has 98 valence electrons. The number of hydrogen-bond donors (Lipinski definition) is 2. The van der Waals surface area contributed by atoms with Crippen molar-refractivity contribution in [2.75, 3.05) is 11.9 Å². The Balaban J connectivity index is 1.74. The summed E-state index contributed by atoms with van der Waals surface area (Å²) in [6.45, 7) is 0.150. The lowest BCUT2D eigenvalue weighted by atomic mass is 10.3. The molecule has 1 amide bonds. The molecule has 0 unspecified atom stereocenters. The predicted octanol–water partition coefficient (Wildman–Crippen LogP) is 2.60. The normalized spacial score (nSPS) is 10.6. The number of furan rings is 1. The molecule has 2 rings (SSSR count). The number of amides is 1. The summed E-state index contributed by atoms with van der Waals surface area (Å²) in [4.78, 5) is 11.5. The highest BCUT2D eigenvalue weighted by molar-refractivity contribution is 9.10. The van der Waals surface area contributed by atoms with Crippen LogP contribution in [0.2, 0.25) is 0 Å². The number of carbonyl (C=O) groups excluding carboxylic acids is 1. The third-order valence-corrected chi connectivity index (χ3v) is 2.75. The van der Waals surface area contributed by atoms with E-state index in [4.69, 9.17) is 4.42 Å². The van der Waals surface area contributed by atoms with Gasteiger partial charge in [0.2, 0.25) is 0 Å². The Morgan fingerprint density at radius 2 is 2.11 bits per heavy atom. The van der Waals surface area contributed by atoms with Crippen LogP contribution >= 0.6 is 15.9 Å². The van der Waals surface area contributed by atoms with Crippen molar-refractivity contribution >= 4 is 33.7 Å². The molecule has 0 bridgehead atoms. The maximum Gasteiger partial charge on any atom is 0.259 e. The molecule has 0 aliphatic rings. The quantitative estimate of drug-likeness (QED) is 0.657. The standard InChI is InChI=1S/C13H12BrN3O2/c14-10-3-5-11(6-4-10)15-9-13(18)17-16-8-12-2-1-7-19-12/h1-8,15H,9H2,(H,17,18)/b16-8+. The van der Waals surface area contributed by atoms with Crippen LogP contribution < -0.4 is 10.7 Å². The van der Waals surface area contributed by atoms with E-state index in [-0.39, 0.29) is 12.5 Å². The van der Waals surface area contributed by atoms with Gasteiger partial charge in [-0.1, -0.05) is 15.9 Å². The first kappa shape index (κ1) is 13.4. The second kappa shape index (κ2) is 6.75. The number of benzene rings is 1. The zero-order chi connectivity index (χ0) is 13.5. The number of hydrogen-bond acceptors (Lipinski definition) is 4. The van der Waals surface area contributed by atoms with Crippen molar-refractivity contribution in [2.24, 2.45) is 5.10 Å². The summed E-state index contributed by atoms with van der Waals surface area (Å²) in [5.74, 6) is 0.354. The molecule has 0 atom stereocenters. The van der Waals surface area contributed by atoms with Gasteiger partial charge in [0.15, 0.2) is 0 Å². The van der Waals surface area contributed by atoms with E-state index >= 15 is 0 Å². The van der Waals surface area contributed by atoms with Crippen LogP contribution in [0, 0.1) is 0 Å². The van der Waals surface area contributed by atoms with Gasteiger partial charge in [-0.05, 0) is 36.4 Å². The average molecular weight is 322 g/mol. The van der Waals surface area contributed by atoms with E-state index in [9.17, 15) is 4.79 Å². The van der Waals surface area contributed by atoms with Gasteiger partial charge in [-0.2, -0.15) is 5.10 Å². The second-order valence-electron chi connectivity index (χ2n) is 3.67. The number of nitrogens with one attached hydrogen (secondary N) is 2. The number of carbonyl (C=O) groups is 1. The molecule has 0 spiro atoms. The fourth-order valence-electron chi connectivity index (χ4n) is 1.32. The van der Waals surface area contributed by atoms with Crippen LogP contribution in [0.4, 0.5) is 5.69 Å². The monoisotopic (exact) mass is 321 g/mol. The summed E-state index contributed by atoms with van der Waals surface area (Å²) in [5.41, 5.74) is 3.27. The Morgan fingerprint density at radius 3 is 2.79 bits per heavy atom. The SMILES string of the molecule is O=C(CNc1ccc(Br)cc1)N/N=C/c1ccco1. The van der Waals surface area contributed by atoms with Gasteiger partial charge >= 0.3 is 0 Å². The summed E-state index contributed by atoms with van der Waals surface area (Å²) in [6, 6.07) is 11.0. The van der Waals surface area contributed by atoms with Crippen LogP contribution in [-0.2, 0) is 4.79 Å². The van der Waals surface area contributed by atoms with Crippen LogP contribution in [0.1, 0.15) is 5.76 Å². The molecule has 5 nitrogen and oxygen atoms in total. The number of rotatable bonds is 5. The molecule has 0 aliphatic carbocycles. The Kier molecular flexibility index (Phi) is 4.74. The molecule has 0 radical (unpaired) electrons. The van der Waals surface area contributed by atoms with Gasteiger partial charge in [-0.25, -0.2) is 5.43 Å². The van der Waals surface area contributed by atoms with Gasteiger partial charge in [0.05, 0.1) is 19.0 Å². The zero-order valence-electron chi connectivity index (χ0n) is 9.97. The summed E-state index contributed by atoms with van der Waals surface area (Å²) in [6.07, 6.45) is 2.98. The van der Waals surface area contributed by atoms with Crippen molar-refractivity contribution in [2.45, 2.75) is 0 Å². The zero-order valence-corrected chi connectivity index (χ0v) is 11.6. The maximum atomic E-state index is 11.5. The minimum absolute atomic E-state index is 0.150. The van der Waals surface area contributed by atoms with Crippen LogP contribution in [0.25, 0.3) is 0 Å². The Labute approximate surface area is 118 Å². The van der Waals surface area contributed by atoms with E-state index in [1.807, 2.05) is 24.3 Å². The van der Waals surface area contributed by atoms with Crippen LogP contribution in [-0.4, -0.2) is 18.7 Å². The summed E-state index contributed by atoms with van der Waals surface area (Å²) < 4.78 is 6.03. The van der Waals surface area contributed by atoms with E-state index in [0.717, 1.165) is 10.2 Å². The van der Waals surface area contributed by atoms with Crippen molar-refractivity contribution in [3.05, 3.63) is 52.9 Å². The van der Waals surface area contributed by atoms with E-state index in [0.29, 0.717) is 5.76 Å². The average Bonchev–Trinajstić information content (AvgIpc) is 2.91. The van der Waals surface area contributed by atoms with Gasteiger partial charge in [0, 0.05) is 10.2 Å². The lowest BCUT2D eigenvalue weighted by molar-refractivity contribution is -0.119. The number of hydrazone groups is 1. The molecule has 0 aliphatic heterocycles. The molecule has 2 aromatic rings. The molecule has 2 N–H and O–H groups in total. The Morgan fingerprint density at radius 1 is 1.32 bits per heavy atom. The van der Waals surface area contributed by atoms with Gasteiger partial charge in [0.25, 0.3) is 5.91 Å². The van der Waals surface area contributed by atoms with Gasteiger partial charge in [-0.3, -0.25) is 4.79 Å². The fraction of sp³-hybridized carbons (Fsp3) is 0.0769. The largest absolute Gasteiger partial charge is 0.463 e. The minimum atomic E-state index is -0.231. The predicted molar refractivity (Wildman–Crippen MR) is 77.1 cm³/mol. The van der Waals surface area contributed by atoms with E-state index in [2.05, 4.69) is 31.8 Å². The molecule has 1 heterocycles. The molecular formula is C13H12BrN3O2. The molecule has 0 fully saturated rings. The van der Waals surface area contributed by atoms with Crippen molar-refractivity contribution in [3.8, 4) is 0 Å². The summed E-state index contributed by atoms with van der Waals surface area (Å²) >= 11 is 3.34. The van der Waals surface area contributed by atoms with E-state index < -0.39 is 0 Å². The van der Waals surface area contributed by atoms with Crippen molar-refractivity contribution < 1.29 is 9.21 Å². The number of halogens is 1. The lowest BCUT2D eigenvalue weighted by Gasteiger charge is -2.04. The van der Waals surface area contributed by atoms with Crippen LogP contribution in [0.15, 0.2) is 56.7 Å². The molecule has 6 heteroatoms. The fourth-order valence-corrected chi connectivity index (χ4v) is 1.59. The first-order valence-electron chi connectivity index (χ1n) is 5.59. The summed E-state index contributed by atoms with van der Waals surface area (Å²) in [5, 5.41) is 6.76. The first-order valence-corrected chi connectivity index (χ1v) is 6.38. The highest BCUT2D eigenvalue weighted by atomic mass is 79.9. The highest BCUT2D eigenvalue weighted by Crippen LogP contribution is 2.13. The first-order chi connectivity index (χ1) is 9.24. The van der Waals surface area contributed by atoms with Gasteiger partial charge in [0.1, 0.15) is 5.76 Å². The number of anilines is 1. The third-order valence-electron chi connectivity index (χ3n) is 2.22. The second-order valence-corrected chi connectivity index (χ2v) is 4.58. The lowest BCUT2D eigenvalue weighted by Crippen LogP contribution is -2.25. The van der Waals surface area contributed by atoms with Crippen molar-refractivity contribution in [1.82, 2.24) is 5.43 Å². The smallest absolute Gasteiger partial charge is 0.259 e. The molecule has 0 saturated heterocycles. The molecule has 19 heavy (non-hydrogen) atoms. The van der Waals surface area contributed by atoms with E-state index in [1.54, 1.807) is 12.1 Å². The molecule has 1 aromatic heterocycles. The van der Waals surface area contributed by atoms with Crippen molar-refractivity contribution in [3.63, 3.8) is 0 Å². The van der Waals surface area contributed by atoms with Crippen LogP contribution in [0.5, 0.6) is 0 Å². The van der Waals surface area contributed by atoms with Gasteiger partial charge in [-0.15, -0.1) is 0 Å². The minimum Gasteiger partial charge on any atom is -0.463 e. The van der Waals surface area contributed by atoms with Crippen molar-refractivity contribution in [1.29, 1.82) is 0 Å². The topological polar surface area (TPSA) is 66.6 Å². The molecule has 0 saturated carbocycles. The van der Waals surface area contributed by atoms with Crippen LogP contribution in [0.3, 0.4) is 0 Å². The molecular weight excluding hydrogens is 310 g/mol. The van der Waals surface area contributed by atoms with E-state index in [1.165, 1.54) is 12.5 Å². The highest BCUT2D eigenvalue weighted by Gasteiger charge is 1.99. The maximum absolute atomic E-state index is 11.5. The number of nitrogens with zero attached hydrogens (tertiary/aromatic N) is 1.